The van der Waals surface area contributed by atoms with Gasteiger partial charge in [0, 0.05) is 43.9 Å². The molecule has 0 radical (unpaired) electrons. The van der Waals surface area contributed by atoms with Gasteiger partial charge in [-0.1, -0.05) is 36.4 Å². The Kier molecular flexibility index (Phi) is 6.92. The Morgan fingerprint density at radius 1 is 1.04 bits per heavy atom. The van der Waals surface area contributed by atoms with Crippen molar-refractivity contribution in [2.45, 2.75) is 12.7 Å². The van der Waals surface area contributed by atoms with E-state index in [0.29, 0.717) is 43.9 Å². The second-order valence-electron chi connectivity index (χ2n) is 6.72. The van der Waals surface area contributed by atoms with Gasteiger partial charge >= 0.3 is 0 Å². The number of ether oxygens (including phenoxy) is 1. The molecule has 1 aliphatic rings. The fraction of sp³-hybridized carbons (Fsp3) is 0.381. The minimum absolute atomic E-state index is 0.0454. The van der Waals surface area contributed by atoms with E-state index in [0.717, 1.165) is 0 Å². The van der Waals surface area contributed by atoms with Crippen molar-refractivity contribution in [3.63, 3.8) is 0 Å². The summed E-state index contributed by atoms with van der Waals surface area (Å²) < 4.78 is 19.0. The summed E-state index contributed by atoms with van der Waals surface area (Å²) in [4.78, 5) is 16.4. The van der Waals surface area contributed by atoms with Gasteiger partial charge in [0.05, 0.1) is 19.3 Å². The van der Waals surface area contributed by atoms with Gasteiger partial charge in [0.2, 0.25) is 0 Å². The molecule has 0 saturated carbocycles. The molecule has 0 aromatic heterocycles. The summed E-state index contributed by atoms with van der Waals surface area (Å²) >= 11 is 0. The van der Waals surface area contributed by atoms with Crippen LogP contribution in [0.25, 0.3) is 0 Å². The topological polar surface area (TPSA) is 53.0 Å². The summed E-state index contributed by atoms with van der Waals surface area (Å²) in [6.07, 6.45) is -0.645. The third kappa shape index (κ3) is 5.60. The second kappa shape index (κ2) is 9.60. The summed E-state index contributed by atoms with van der Waals surface area (Å²) in [6, 6.07) is 15.7. The summed E-state index contributed by atoms with van der Waals surface area (Å²) in [5.74, 6) is -0.254. The Morgan fingerprint density at radius 2 is 1.70 bits per heavy atom. The van der Waals surface area contributed by atoms with Crippen LogP contribution in [0.2, 0.25) is 0 Å². The third-order valence-corrected chi connectivity index (χ3v) is 4.67. The molecule has 2 aromatic rings. The van der Waals surface area contributed by atoms with Crippen molar-refractivity contribution in [1.82, 2.24) is 9.80 Å². The normalized spacial score (nSPS) is 16.3. The average Bonchev–Trinajstić information content (AvgIpc) is 2.70. The van der Waals surface area contributed by atoms with Gasteiger partial charge in [0.25, 0.3) is 5.91 Å². The van der Waals surface area contributed by atoms with Crippen molar-refractivity contribution in [1.29, 1.82) is 0 Å². The average molecular weight is 372 g/mol. The molecule has 1 fully saturated rings. The lowest BCUT2D eigenvalue weighted by Crippen LogP contribution is -2.50. The molecule has 1 unspecified atom stereocenters. The van der Waals surface area contributed by atoms with Gasteiger partial charge in [-0.25, -0.2) is 4.39 Å². The Bertz CT molecular complexity index is 733. The summed E-state index contributed by atoms with van der Waals surface area (Å²) in [7, 11) is 0. The Hall–Kier alpha value is -2.28. The van der Waals surface area contributed by atoms with E-state index in [1.165, 1.54) is 6.07 Å². The van der Waals surface area contributed by atoms with Crippen LogP contribution in [-0.4, -0.2) is 66.2 Å². The standard InChI is InChI=1S/C21H25FN2O3/c22-20-9-5-4-8-18(20)15-27-16-19(25)14-23-10-12-24(13-11-23)21(26)17-6-2-1-3-7-17/h1-9,19,25H,10-16H2. The SMILES string of the molecule is O=C(c1ccccc1)N1CCN(CC(O)COCc2ccccc2F)CC1. The van der Waals surface area contributed by atoms with Crippen LogP contribution in [0, 0.1) is 5.82 Å². The molecule has 1 atom stereocenters. The van der Waals surface area contributed by atoms with Gasteiger partial charge < -0.3 is 14.7 Å². The number of aliphatic hydroxyl groups excluding tert-OH is 1. The van der Waals surface area contributed by atoms with Crippen LogP contribution in [-0.2, 0) is 11.3 Å². The monoisotopic (exact) mass is 372 g/mol. The number of carbonyl (C=O) groups is 1. The number of aliphatic hydroxyl groups is 1. The number of piperazine rings is 1. The summed E-state index contributed by atoms with van der Waals surface area (Å²) in [6.45, 7) is 3.46. The fourth-order valence-corrected chi connectivity index (χ4v) is 3.17. The van der Waals surface area contributed by atoms with E-state index in [-0.39, 0.29) is 24.9 Å². The van der Waals surface area contributed by atoms with Crippen molar-refractivity contribution < 1.29 is 19.0 Å². The molecule has 2 aromatic carbocycles. The zero-order valence-electron chi connectivity index (χ0n) is 15.3. The van der Waals surface area contributed by atoms with E-state index in [1.807, 2.05) is 35.2 Å². The number of nitrogens with zero attached hydrogens (tertiary/aromatic N) is 2. The molecule has 5 nitrogen and oxygen atoms in total. The van der Waals surface area contributed by atoms with Crippen LogP contribution >= 0.6 is 0 Å². The minimum atomic E-state index is -0.645. The molecule has 1 aliphatic heterocycles. The van der Waals surface area contributed by atoms with E-state index >= 15 is 0 Å². The molecule has 144 valence electrons. The lowest BCUT2D eigenvalue weighted by Gasteiger charge is -2.35. The molecule has 0 bridgehead atoms. The van der Waals surface area contributed by atoms with Crippen LogP contribution in [0.5, 0.6) is 0 Å². The van der Waals surface area contributed by atoms with E-state index in [9.17, 15) is 14.3 Å². The zero-order chi connectivity index (χ0) is 19.1. The first-order chi connectivity index (χ1) is 13.1. The van der Waals surface area contributed by atoms with Crippen molar-refractivity contribution in [2.75, 3.05) is 39.3 Å². The number of rotatable bonds is 7. The van der Waals surface area contributed by atoms with Crippen LogP contribution < -0.4 is 0 Å². The van der Waals surface area contributed by atoms with E-state index in [1.54, 1.807) is 18.2 Å². The number of hydrogen-bond acceptors (Lipinski definition) is 4. The first-order valence-electron chi connectivity index (χ1n) is 9.19. The lowest BCUT2D eigenvalue weighted by molar-refractivity contribution is 0.00143. The van der Waals surface area contributed by atoms with Crippen molar-refractivity contribution in [2.24, 2.45) is 0 Å². The Balaban J connectivity index is 1.37. The lowest BCUT2D eigenvalue weighted by atomic mass is 10.2. The predicted octanol–water partition coefficient (Wildman–Crippen LogP) is 2.16. The molecule has 1 amide bonds. The number of β-amino-alcohol motifs (C(OH)–C–C–N with tert-alkyl or cyclic N) is 1. The highest BCUT2D eigenvalue weighted by atomic mass is 19.1. The first-order valence-corrected chi connectivity index (χ1v) is 9.19. The van der Waals surface area contributed by atoms with Gasteiger partial charge in [-0.3, -0.25) is 9.69 Å². The summed E-state index contributed by atoms with van der Waals surface area (Å²) in [5, 5.41) is 10.2. The largest absolute Gasteiger partial charge is 0.389 e. The van der Waals surface area contributed by atoms with Crippen LogP contribution in [0.1, 0.15) is 15.9 Å². The van der Waals surface area contributed by atoms with Gasteiger partial charge in [0.1, 0.15) is 5.82 Å². The number of halogens is 1. The highest BCUT2D eigenvalue weighted by Crippen LogP contribution is 2.10. The van der Waals surface area contributed by atoms with Gasteiger partial charge in [-0.05, 0) is 18.2 Å². The zero-order valence-corrected chi connectivity index (χ0v) is 15.3. The molecule has 3 rings (SSSR count). The molecule has 27 heavy (non-hydrogen) atoms. The maximum Gasteiger partial charge on any atom is 0.253 e. The van der Waals surface area contributed by atoms with Gasteiger partial charge in [-0.15, -0.1) is 0 Å². The van der Waals surface area contributed by atoms with Crippen LogP contribution in [0.15, 0.2) is 54.6 Å². The van der Waals surface area contributed by atoms with Crippen LogP contribution in [0.3, 0.4) is 0 Å². The molecule has 0 spiro atoms. The van der Waals surface area contributed by atoms with Gasteiger partial charge in [-0.2, -0.15) is 0 Å². The maximum absolute atomic E-state index is 13.5. The van der Waals surface area contributed by atoms with E-state index in [2.05, 4.69) is 4.90 Å². The number of amides is 1. The number of hydrogen-bond donors (Lipinski definition) is 1. The molecule has 1 saturated heterocycles. The Labute approximate surface area is 159 Å². The molecular formula is C21H25FN2O3. The highest BCUT2D eigenvalue weighted by molar-refractivity contribution is 5.94. The second-order valence-corrected chi connectivity index (χ2v) is 6.72. The molecular weight excluding hydrogens is 347 g/mol. The molecule has 6 heteroatoms. The van der Waals surface area contributed by atoms with Crippen molar-refractivity contribution in [3.05, 3.63) is 71.5 Å². The van der Waals surface area contributed by atoms with Gasteiger partial charge in [0.15, 0.2) is 0 Å². The van der Waals surface area contributed by atoms with Crippen LogP contribution in [0.4, 0.5) is 4.39 Å². The minimum Gasteiger partial charge on any atom is -0.389 e. The highest BCUT2D eigenvalue weighted by Gasteiger charge is 2.23. The number of carbonyl (C=O) groups excluding carboxylic acids is 1. The van der Waals surface area contributed by atoms with E-state index in [4.69, 9.17) is 4.74 Å². The third-order valence-electron chi connectivity index (χ3n) is 4.67. The Morgan fingerprint density at radius 3 is 2.41 bits per heavy atom. The molecule has 0 aliphatic carbocycles. The van der Waals surface area contributed by atoms with Crippen molar-refractivity contribution >= 4 is 5.91 Å². The number of benzene rings is 2. The fourth-order valence-electron chi connectivity index (χ4n) is 3.17. The van der Waals surface area contributed by atoms with E-state index < -0.39 is 6.10 Å². The predicted molar refractivity (Wildman–Crippen MR) is 101 cm³/mol. The first kappa shape index (κ1) is 19.5. The van der Waals surface area contributed by atoms with Crippen molar-refractivity contribution in [3.8, 4) is 0 Å². The maximum atomic E-state index is 13.5. The quantitative estimate of drug-likeness (QED) is 0.809. The summed E-state index contributed by atoms with van der Waals surface area (Å²) in [5.41, 5.74) is 1.19. The molecule has 1 heterocycles. The molecule has 1 N–H and O–H groups in total. The smallest absolute Gasteiger partial charge is 0.253 e.